The van der Waals surface area contributed by atoms with E-state index < -0.39 is 0 Å². The van der Waals surface area contributed by atoms with Crippen molar-refractivity contribution in [2.75, 3.05) is 25.6 Å². The topological polar surface area (TPSA) is 25.4 Å². The molecule has 4 rings (SSSR count). The molecule has 1 heterocycles. The maximum absolute atomic E-state index is 6.01. The molecule has 4 heteroatoms. The minimum absolute atomic E-state index is 0.669. The van der Waals surface area contributed by atoms with Gasteiger partial charge in [-0.2, -0.15) is 0 Å². The van der Waals surface area contributed by atoms with Crippen LogP contribution in [0.3, 0.4) is 0 Å². The molecule has 0 aliphatic heterocycles. The van der Waals surface area contributed by atoms with Gasteiger partial charge >= 0.3 is 0 Å². The molecule has 0 amide bonds. The summed E-state index contributed by atoms with van der Waals surface area (Å²) in [5.41, 5.74) is 6.48. The van der Waals surface area contributed by atoms with E-state index in [-0.39, 0.29) is 0 Å². The van der Waals surface area contributed by atoms with Crippen molar-refractivity contribution in [2.45, 2.75) is 32.6 Å². The van der Waals surface area contributed by atoms with Gasteiger partial charge in [-0.1, -0.05) is 6.07 Å². The summed E-state index contributed by atoms with van der Waals surface area (Å²) in [5.74, 6) is 0.989. The van der Waals surface area contributed by atoms with Crippen LogP contribution < -0.4 is 9.64 Å². The lowest BCUT2D eigenvalue weighted by atomic mass is 10.1. The Hall–Kier alpha value is -2.33. The molecule has 1 aliphatic rings. The van der Waals surface area contributed by atoms with Crippen molar-refractivity contribution in [2.24, 2.45) is 0 Å². The molecule has 0 spiro atoms. The van der Waals surface area contributed by atoms with Crippen LogP contribution >= 0.6 is 11.3 Å². The van der Waals surface area contributed by atoms with Gasteiger partial charge in [-0.25, -0.2) is 4.98 Å². The zero-order valence-corrected chi connectivity index (χ0v) is 17.1. The third kappa shape index (κ3) is 4.01. The second kappa shape index (κ2) is 7.73. The van der Waals surface area contributed by atoms with Gasteiger partial charge in [-0.15, -0.1) is 11.3 Å². The lowest BCUT2D eigenvalue weighted by Crippen LogP contribution is -2.07. The lowest BCUT2D eigenvalue weighted by molar-refractivity contribution is 0.320. The highest BCUT2D eigenvalue weighted by Gasteiger charge is 2.12. The van der Waals surface area contributed by atoms with E-state index in [1.165, 1.54) is 46.5 Å². The van der Waals surface area contributed by atoms with Crippen molar-refractivity contribution in [3.63, 3.8) is 0 Å². The van der Waals surface area contributed by atoms with Crippen LogP contribution in [-0.4, -0.2) is 25.7 Å². The summed E-state index contributed by atoms with van der Waals surface area (Å²) in [5, 5.41) is 1.09. The molecular formula is C23H26N2OS. The SMILES string of the molecule is Cc1sc(-c2ccc(N(C)C)cc2)nc1CCOc1ccc2c(c1)CCC2. The number of rotatable bonds is 6. The standard InChI is InChI=1S/C23H26N2OS/c1-16-22(13-14-26-21-12-9-17-5-4-6-19(17)15-21)24-23(27-16)18-7-10-20(11-8-18)25(2)3/h7-12,15H,4-6,13-14H2,1-3H3. The fourth-order valence-corrected chi connectivity index (χ4v) is 4.55. The van der Waals surface area contributed by atoms with Gasteiger partial charge in [0.05, 0.1) is 12.3 Å². The molecule has 0 bridgehead atoms. The maximum Gasteiger partial charge on any atom is 0.123 e. The highest BCUT2D eigenvalue weighted by Crippen LogP contribution is 2.30. The van der Waals surface area contributed by atoms with E-state index in [1.54, 1.807) is 11.3 Å². The van der Waals surface area contributed by atoms with E-state index in [1.807, 2.05) is 0 Å². The van der Waals surface area contributed by atoms with Crippen LogP contribution in [0, 0.1) is 6.92 Å². The predicted octanol–water partition coefficient (Wildman–Crippen LogP) is 5.29. The number of thiazole rings is 1. The molecule has 0 fully saturated rings. The first-order valence-electron chi connectivity index (χ1n) is 9.59. The average molecular weight is 379 g/mol. The number of aryl methyl sites for hydroxylation is 3. The van der Waals surface area contributed by atoms with Crippen LogP contribution in [0.15, 0.2) is 42.5 Å². The van der Waals surface area contributed by atoms with Crippen LogP contribution in [0.2, 0.25) is 0 Å². The normalized spacial score (nSPS) is 12.9. The third-order valence-corrected chi connectivity index (χ3v) is 6.26. The molecule has 140 valence electrons. The van der Waals surface area contributed by atoms with Crippen LogP contribution in [0.4, 0.5) is 5.69 Å². The van der Waals surface area contributed by atoms with Gasteiger partial charge in [0.15, 0.2) is 0 Å². The van der Waals surface area contributed by atoms with Crippen molar-refractivity contribution in [3.8, 4) is 16.3 Å². The van der Waals surface area contributed by atoms with Gasteiger partial charge in [0.1, 0.15) is 10.8 Å². The predicted molar refractivity (Wildman–Crippen MR) is 114 cm³/mol. The van der Waals surface area contributed by atoms with E-state index in [9.17, 15) is 0 Å². The zero-order chi connectivity index (χ0) is 18.8. The Morgan fingerprint density at radius 3 is 2.59 bits per heavy atom. The molecule has 0 saturated carbocycles. The summed E-state index contributed by atoms with van der Waals surface area (Å²) < 4.78 is 6.01. The van der Waals surface area contributed by atoms with Crippen LogP contribution in [-0.2, 0) is 19.3 Å². The Labute approximate surface area is 165 Å². The van der Waals surface area contributed by atoms with Crippen molar-refractivity contribution in [3.05, 3.63) is 64.2 Å². The molecule has 0 atom stereocenters. The quantitative estimate of drug-likeness (QED) is 0.582. The van der Waals surface area contributed by atoms with Gasteiger partial charge < -0.3 is 9.64 Å². The van der Waals surface area contributed by atoms with E-state index in [4.69, 9.17) is 9.72 Å². The van der Waals surface area contributed by atoms with Crippen molar-refractivity contribution >= 4 is 17.0 Å². The fraction of sp³-hybridized carbons (Fsp3) is 0.348. The minimum atomic E-state index is 0.669. The number of ether oxygens (including phenoxy) is 1. The van der Waals surface area contributed by atoms with E-state index in [0.29, 0.717) is 6.61 Å². The summed E-state index contributed by atoms with van der Waals surface area (Å²) >= 11 is 1.76. The average Bonchev–Trinajstić information content (AvgIpc) is 3.28. The van der Waals surface area contributed by atoms with Gasteiger partial charge in [-0.3, -0.25) is 0 Å². The van der Waals surface area contributed by atoms with E-state index >= 15 is 0 Å². The van der Waals surface area contributed by atoms with Crippen LogP contribution in [0.5, 0.6) is 5.75 Å². The first kappa shape index (κ1) is 18.1. The molecule has 3 nitrogen and oxygen atoms in total. The van der Waals surface area contributed by atoms with Gasteiger partial charge in [0, 0.05) is 36.6 Å². The molecule has 3 aromatic rings. The largest absolute Gasteiger partial charge is 0.493 e. The molecule has 0 N–H and O–H groups in total. The lowest BCUT2D eigenvalue weighted by Gasteiger charge is -2.12. The Morgan fingerprint density at radius 1 is 1.04 bits per heavy atom. The van der Waals surface area contributed by atoms with Gasteiger partial charge in [-0.05, 0) is 73.7 Å². The first-order chi connectivity index (χ1) is 13.1. The van der Waals surface area contributed by atoms with Crippen molar-refractivity contribution in [1.29, 1.82) is 0 Å². The van der Waals surface area contributed by atoms with Crippen LogP contribution in [0.1, 0.15) is 28.1 Å². The monoisotopic (exact) mass is 378 g/mol. The molecule has 2 aromatic carbocycles. The Kier molecular flexibility index (Phi) is 5.17. The molecule has 0 radical (unpaired) electrons. The highest BCUT2D eigenvalue weighted by atomic mass is 32.1. The molecule has 1 aliphatic carbocycles. The number of benzene rings is 2. The Bertz CT molecular complexity index is 928. The zero-order valence-electron chi connectivity index (χ0n) is 16.3. The molecule has 0 unspecified atom stereocenters. The summed E-state index contributed by atoms with van der Waals surface area (Å²) in [6, 6.07) is 15.1. The second-order valence-corrected chi connectivity index (χ2v) is 8.55. The number of aromatic nitrogens is 1. The molecular weight excluding hydrogens is 352 g/mol. The Balaban J connectivity index is 1.40. The van der Waals surface area contributed by atoms with Gasteiger partial charge in [0.2, 0.25) is 0 Å². The first-order valence-corrected chi connectivity index (χ1v) is 10.4. The highest BCUT2D eigenvalue weighted by molar-refractivity contribution is 7.15. The van der Waals surface area contributed by atoms with E-state index in [0.717, 1.165) is 22.9 Å². The Morgan fingerprint density at radius 2 is 1.81 bits per heavy atom. The number of nitrogens with zero attached hydrogens (tertiary/aromatic N) is 2. The second-order valence-electron chi connectivity index (χ2n) is 7.35. The number of anilines is 1. The smallest absolute Gasteiger partial charge is 0.123 e. The summed E-state index contributed by atoms with van der Waals surface area (Å²) in [4.78, 5) is 8.26. The summed E-state index contributed by atoms with van der Waals surface area (Å²) in [6.45, 7) is 2.82. The molecule has 27 heavy (non-hydrogen) atoms. The fourth-order valence-electron chi connectivity index (χ4n) is 3.59. The number of fused-ring (bicyclic) bond motifs is 1. The maximum atomic E-state index is 6.01. The van der Waals surface area contributed by atoms with Crippen molar-refractivity contribution in [1.82, 2.24) is 4.98 Å². The third-order valence-electron chi connectivity index (χ3n) is 5.20. The minimum Gasteiger partial charge on any atom is -0.493 e. The molecule has 1 aromatic heterocycles. The summed E-state index contributed by atoms with van der Waals surface area (Å²) in [7, 11) is 4.11. The van der Waals surface area contributed by atoms with E-state index in [2.05, 4.69) is 68.4 Å². The number of hydrogen-bond donors (Lipinski definition) is 0. The van der Waals surface area contributed by atoms with Gasteiger partial charge in [0.25, 0.3) is 0 Å². The summed E-state index contributed by atoms with van der Waals surface area (Å²) in [6.07, 6.45) is 4.52. The van der Waals surface area contributed by atoms with Crippen LogP contribution in [0.25, 0.3) is 10.6 Å². The van der Waals surface area contributed by atoms with Crippen molar-refractivity contribution < 1.29 is 4.74 Å². The molecule has 0 saturated heterocycles. The number of hydrogen-bond acceptors (Lipinski definition) is 4.